The summed E-state index contributed by atoms with van der Waals surface area (Å²) in [5, 5.41) is 0. The molecule has 0 amide bonds. The zero-order chi connectivity index (χ0) is 16.8. The van der Waals surface area contributed by atoms with Gasteiger partial charge in [0.1, 0.15) is 6.61 Å². The van der Waals surface area contributed by atoms with Crippen LogP contribution in [0, 0.1) is 5.92 Å². The van der Waals surface area contributed by atoms with E-state index in [1.807, 2.05) is 30.3 Å². The molecule has 3 nitrogen and oxygen atoms in total. The van der Waals surface area contributed by atoms with Crippen LogP contribution in [0.25, 0.3) is 0 Å². The highest BCUT2D eigenvalue weighted by Crippen LogP contribution is 2.36. The van der Waals surface area contributed by atoms with Crippen LogP contribution >= 0.6 is 12.4 Å². The SMILES string of the molecule is COc1cc([C@@H](N)C2CCCCC2)ccc1OCc1ccccc1.Cl. The first kappa shape index (κ1) is 19.6. The summed E-state index contributed by atoms with van der Waals surface area (Å²) in [4.78, 5) is 0. The molecule has 1 saturated carbocycles. The third-order valence-electron chi connectivity index (χ3n) is 4.97. The van der Waals surface area contributed by atoms with E-state index in [0.717, 1.165) is 22.6 Å². The zero-order valence-corrected chi connectivity index (χ0v) is 15.6. The normalized spacial score (nSPS) is 15.9. The van der Waals surface area contributed by atoms with Gasteiger partial charge in [-0.25, -0.2) is 0 Å². The van der Waals surface area contributed by atoms with E-state index in [-0.39, 0.29) is 18.4 Å². The fraction of sp³-hybridized carbons (Fsp3) is 0.429. The summed E-state index contributed by atoms with van der Waals surface area (Å²) in [5.74, 6) is 2.11. The van der Waals surface area contributed by atoms with Crippen molar-refractivity contribution in [2.45, 2.75) is 44.8 Å². The molecular weight excluding hydrogens is 334 g/mol. The second-order valence-electron chi connectivity index (χ2n) is 6.61. The first-order valence-electron chi connectivity index (χ1n) is 8.88. The van der Waals surface area contributed by atoms with Gasteiger partial charge in [0.25, 0.3) is 0 Å². The van der Waals surface area contributed by atoms with Crippen molar-refractivity contribution in [1.29, 1.82) is 0 Å². The Morgan fingerprint density at radius 1 is 1.00 bits per heavy atom. The number of hydrogen-bond donors (Lipinski definition) is 1. The van der Waals surface area contributed by atoms with Crippen molar-refractivity contribution in [3.8, 4) is 11.5 Å². The number of hydrogen-bond acceptors (Lipinski definition) is 3. The molecule has 1 aliphatic carbocycles. The average Bonchev–Trinajstić information content (AvgIpc) is 2.67. The molecule has 0 unspecified atom stereocenters. The van der Waals surface area contributed by atoms with Crippen molar-refractivity contribution in [3.05, 3.63) is 59.7 Å². The van der Waals surface area contributed by atoms with Crippen LogP contribution in [-0.2, 0) is 6.61 Å². The minimum atomic E-state index is 0. The van der Waals surface area contributed by atoms with Crippen LogP contribution in [0.2, 0.25) is 0 Å². The first-order chi connectivity index (χ1) is 11.8. The van der Waals surface area contributed by atoms with Crippen LogP contribution in [0.3, 0.4) is 0 Å². The van der Waals surface area contributed by atoms with Gasteiger partial charge in [0.05, 0.1) is 7.11 Å². The lowest BCUT2D eigenvalue weighted by Crippen LogP contribution is -2.23. The van der Waals surface area contributed by atoms with Crippen LogP contribution in [0.1, 0.15) is 49.3 Å². The topological polar surface area (TPSA) is 44.5 Å². The lowest BCUT2D eigenvalue weighted by molar-refractivity contribution is 0.282. The van der Waals surface area contributed by atoms with Crippen molar-refractivity contribution >= 4 is 12.4 Å². The van der Waals surface area contributed by atoms with Gasteiger partial charge >= 0.3 is 0 Å². The first-order valence-corrected chi connectivity index (χ1v) is 8.88. The highest BCUT2D eigenvalue weighted by Gasteiger charge is 2.22. The molecule has 1 aliphatic rings. The Hall–Kier alpha value is -1.71. The number of nitrogens with two attached hydrogens (primary N) is 1. The molecule has 0 spiro atoms. The molecule has 0 aliphatic heterocycles. The Morgan fingerprint density at radius 2 is 1.72 bits per heavy atom. The van der Waals surface area contributed by atoms with Gasteiger partial charge in [0.2, 0.25) is 0 Å². The van der Waals surface area contributed by atoms with Crippen molar-refractivity contribution in [2.24, 2.45) is 11.7 Å². The Labute approximate surface area is 156 Å². The summed E-state index contributed by atoms with van der Waals surface area (Å²) >= 11 is 0. The molecule has 0 aromatic heterocycles. The van der Waals surface area contributed by atoms with Crippen molar-refractivity contribution in [3.63, 3.8) is 0 Å². The summed E-state index contributed by atoms with van der Waals surface area (Å²) < 4.78 is 11.5. The van der Waals surface area contributed by atoms with Crippen LogP contribution < -0.4 is 15.2 Å². The molecule has 0 radical (unpaired) electrons. The minimum Gasteiger partial charge on any atom is -0.493 e. The monoisotopic (exact) mass is 361 g/mol. The van der Waals surface area contributed by atoms with Gasteiger partial charge < -0.3 is 15.2 Å². The maximum absolute atomic E-state index is 6.51. The fourth-order valence-electron chi connectivity index (χ4n) is 3.51. The number of benzene rings is 2. The van der Waals surface area contributed by atoms with Gasteiger partial charge in [-0.3, -0.25) is 0 Å². The number of ether oxygens (including phenoxy) is 2. The van der Waals surface area contributed by atoms with E-state index in [1.54, 1.807) is 7.11 Å². The zero-order valence-electron chi connectivity index (χ0n) is 14.8. The number of rotatable bonds is 6. The Morgan fingerprint density at radius 3 is 2.40 bits per heavy atom. The maximum Gasteiger partial charge on any atom is 0.161 e. The molecule has 2 aromatic carbocycles. The molecule has 1 atom stereocenters. The Kier molecular flexibility index (Phi) is 7.60. The Bertz CT molecular complexity index is 642. The third-order valence-corrected chi connectivity index (χ3v) is 4.97. The summed E-state index contributed by atoms with van der Waals surface area (Å²) in [5.41, 5.74) is 8.80. The summed E-state index contributed by atoms with van der Waals surface area (Å²) in [6, 6.07) is 16.3. The molecule has 1 fully saturated rings. The van der Waals surface area contributed by atoms with Crippen LogP contribution in [0.15, 0.2) is 48.5 Å². The smallest absolute Gasteiger partial charge is 0.161 e. The largest absolute Gasteiger partial charge is 0.493 e. The predicted molar refractivity (Wildman–Crippen MR) is 105 cm³/mol. The molecule has 136 valence electrons. The van der Waals surface area contributed by atoms with Gasteiger partial charge in [-0.1, -0.05) is 55.7 Å². The number of methoxy groups -OCH3 is 1. The molecule has 0 saturated heterocycles. The van der Waals surface area contributed by atoms with Crippen LogP contribution in [0.5, 0.6) is 11.5 Å². The average molecular weight is 362 g/mol. The quantitative estimate of drug-likeness (QED) is 0.761. The highest BCUT2D eigenvalue weighted by atomic mass is 35.5. The highest BCUT2D eigenvalue weighted by molar-refractivity contribution is 5.85. The summed E-state index contributed by atoms with van der Waals surface area (Å²) in [6.45, 7) is 0.533. The Balaban J connectivity index is 0.00000225. The van der Waals surface area contributed by atoms with Gasteiger partial charge in [0.15, 0.2) is 11.5 Å². The number of halogens is 1. The van der Waals surface area contributed by atoms with Gasteiger partial charge in [-0.05, 0) is 42.0 Å². The van der Waals surface area contributed by atoms with E-state index in [1.165, 1.54) is 32.1 Å². The second kappa shape index (κ2) is 9.69. The predicted octanol–water partition coefficient (Wildman–Crippen LogP) is 5.28. The minimum absolute atomic E-state index is 0. The van der Waals surface area contributed by atoms with Crippen molar-refractivity contribution < 1.29 is 9.47 Å². The van der Waals surface area contributed by atoms with Gasteiger partial charge in [-0.15, -0.1) is 12.4 Å². The van der Waals surface area contributed by atoms with Crippen molar-refractivity contribution in [1.82, 2.24) is 0 Å². The lowest BCUT2D eigenvalue weighted by Gasteiger charge is -2.28. The van der Waals surface area contributed by atoms with Crippen LogP contribution in [0.4, 0.5) is 0 Å². The molecule has 25 heavy (non-hydrogen) atoms. The van der Waals surface area contributed by atoms with Gasteiger partial charge in [0, 0.05) is 6.04 Å². The summed E-state index contributed by atoms with van der Waals surface area (Å²) in [6.07, 6.45) is 6.41. The fourth-order valence-corrected chi connectivity index (χ4v) is 3.51. The molecule has 2 N–H and O–H groups in total. The van der Waals surface area contributed by atoms with E-state index in [0.29, 0.717) is 12.5 Å². The van der Waals surface area contributed by atoms with E-state index in [9.17, 15) is 0 Å². The van der Waals surface area contributed by atoms with Crippen LogP contribution in [-0.4, -0.2) is 7.11 Å². The van der Waals surface area contributed by atoms with E-state index >= 15 is 0 Å². The molecule has 0 heterocycles. The molecule has 4 heteroatoms. The van der Waals surface area contributed by atoms with E-state index in [4.69, 9.17) is 15.2 Å². The molecule has 0 bridgehead atoms. The summed E-state index contributed by atoms with van der Waals surface area (Å²) in [7, 11) is 1.68. The standard InChI is InChI=1S/C21H27NO2.ClH/c1-23-20-14-18(21(22)17-10-6-3-7-11-17)12-13-19(20)24-15-16-8-4-2-5-9-16;/h2,4-5,8-9,12-14,17,21H,3,6-7,10-11,15,22H2,1H3;1H/t21-;/m0./s1. The maximum atomic E-state index is 6.51. The second-order valence-corrected chi connectivity index (χ2v) is 6.61. The molecule has 2 aromatic rings. The third kappa shape index (κ3) is 5.13. The van der Waals surface area contributed by atoms with Crippen molar-refractivity contribution in [2.75, 3.05) is 7.11 Å². The van der Waals surface area contributed by atoms with Gasteiger partial charge in [-0.2, -0.15) is 0 Å². The van der Waals surface area contributed by atoms with E-state index < -0.39 is 0 Å². The lowest BCUT2D eigenvalue weighted by atomic mass is 9.81. The van der Waals surface area contributed by atoms with E-state index in [2.05, 4.69) is 18.2 Å². The molecule has 3 rings (SSSR count). The molecular formula is C21H28ClNO2.